The average Bonchev–Trinajstić information content (AvgIpc) is 2.88. The van der Waals surface area contributed by atoms with Crippen molar-refractivity contribution < 1.29 is 9.47 Å². The summed E-state index contributed by atoms with van der Waals surface area (Å²) in [7, 11) is 1.88. The highest BCUT2D eigenvalue weighted by Gasteiger charge is 2.15. The van der Waals surface area contributed by atoms with E-state index in [-0.39, 0.29) is 0 Å². The maximum atomic E-state index is 6.25. The van der Waals surface area contributed by atoms with Crippen LogP contribution in [0.3, 0.4) is 0 Å². The number of morpholine rings is 1. The smallest absolute Gasteiger partial charge is 0.128 e. The van der Waals surface area contributed by atoms with Crippen LogP contribution in [0.5, 0.6) is 5.75 Å². The van der Waals surface area contributed by atoms with Crippen molar-refractivity contribution in [2.75, 3.05) is 39.5 Å². The number of halogens is 1. The molecule has 1 saturated heterocycles. The number of hydrogen-bond acceptors (Lipinski definition) is 4. The van der Waals surface area contributed by atoms with Gasteiger partial charge in [0.15, 0.2) is 0 Å². The van der Waals surface area contributed by atoms with Gasteiger partial charge in [0.05, 0.1) is 30.1 Å². The molecule has 1 aromatic heterocycles. The first-order chi connectivity index (χ1) is 10.8. The van der Waals surface area contributed by atoms with Crippen molar-refractivity contribution in [1.29, 1.82) is 0 Å². The highest BCUT2D eigenvalue weighted by molar-refractivity contribution is 6.33. The van der Waals surface area contributed by atoms with Crippen molar-refractivity contribution in [3.8, 4) is 17.0 Å². The van der Waals surface area contributed by atoms with Crippen molar-refractivity contribution >= 4 is 11.6 Å². The first-order valence-corrected chi connectivity index (χ1v) is 7.83. The van der Waals surface area contributed by atoms with Gasteiger partial charge in [0.1, 0.15) is 12.4 Å². The van der Waals surface area contributed by atoms with Crippen LogP contribution in [-0.4, -0.2) is 54.1 Å². The summed E-state index contributed by atoms with van der Waals surface area (Å²) in [6.07, 6.45) is 1.65. The van der Waals surface area contributed by atoms with E-state index in [0.29, 0.717) is 11.6 Å². The number of hydrogen-bond donors (Lipinski definition) is 0. The van der Waals surface area contributed by atoms with Crippen molar-refractivity contribution in [2.45, 2.75) is 0 Å². The zero-order chi connectivity index (χ0) is 15.4. The number of nitrogens with zero attached hydrogens (tertiary/aromatic N) is 3. The third-order valence-corrected chi connectivity index (χ3v) is 4.08. The minimum Gasteiger partial charge on any atom is -0.492 e. The Labute approximate surface area is 135 Å². The lowest BCUT2D eigenvalue weighted by molar-refractivity contribution is 0.0323. The molecule has 2 heterocycles. The van der Waals surface area contributed by atoms with E-state index in [2.05, 4.69) is 10.00 Å². The van der Waals surface area contributed by atoms with Gasteiger partial charge in [-0.3, -0.25) is 9.58 Å². The van der Waals surface area contributed by atoms with Crippen LogP contribution >= 0.6 is 11.6 Å². The quantitative estimate of drug-likeness (QED) is 0.848. The van der Waals surface area contributed by atoms with Gasteiger partial charge in [0.2, 0.25) is 0 Å². The summed E-state index contributed by atoms with van der Waals surface area (Å²) in [6, 6.07) is 7.93. The molecule has 2 aromatic rings. The second-order valence-corrected chi connectivity index (χ2v) is 5.67. The fourth-order valence-electron chi connectivity index (χ4n) is 2.61. The summed E-state index contributed by atoms with van der Waals surface area (Å²) in [5.41, 5.74) is 1.85. The van der Waals surface area contributed by atoms with Crippen LogP contribution in [0.15, 0.2) is 30.5 Å². The Morgan fingerprint density at radius 2 is 2.05 bits per heavy atom. The molecule has 0 aliphatic carbocycles. The van der Waals surface area contributed by atoms with E-state index in [4.69, 9.17) is 21.1 Å². The molecule has 1 aliphatic rings. The lowest BCUT2D eigenvalue weighted by Gasteiger charge is -2.26. The van der Waals surface area contributed by atoms with Gasteiger partial charge in [-0.15, -0.1) is 0 Å². The van der Waals surface area contributed by atoms with Crippen LogP contribution in [0.25, 0.3) is 11.3 Å². The SMILES string of the molecule is Cn1ncc(Cl)c1-c1ccccc1OCCN1CCOCC1. The Bertz CT molecular complexity index is 604. The largest absolute Gasteiger partial charge is 0.492 e. The van der Waals surface area contributed by atoms with Gasteiger partial charge >= 0.3 is 0 Å². The molecule has 3 rings (SSSR count). The van der Waals surface area contributed by atoms with E-state index in [1.807, 2.05) is 31.3 Å². The number of benzene rings is 1. The lowest BCUT2D eigenvalue weighted by Crippen LogP contribution is -2.38. The van der Waals surface area contributed by atoms with Gasteiger partial charge in [-0.2, -0.15) is 5.10 Å². The Kier molecular flexibility index (Phi) is 4.97. The first-order valence-electron chi connectivity index (χ1n) is 7.45. The van der Waals surface area contributed by atoms with E-state index in [1.54, 1.807) is 10.9 Å². The van der Waals surface area contributed by atoms with Crippen LogP contribution in [0.1, 0.15) is 0 Å². The normalized spacial score (nSPS) is 15.9. The Hall–Kier alpha value is -1.56. The molecule has 0 radical (unpaired) electrons. The standard InChI is InChI=1S/C16H20ClN3O2/c1-19-16(14(17)12-18-19)13-4-2-3-5-15(13)22-11-8-20-6-9-21-10-7-20/h2-5,12H,6-11H2,1H3. The fraction of sp³-hybridized carbons (Fsp3) is 0.438. The molecule has 1 aliphatic heterocycles. The Morgan fingerprint density at radius 3 is 2.77 bits per heavy atom. The molecule has 118 valence electrons. The van der Waals surface area contributed by atoms with E-state index < -0.39 is 0 Å². The molecule has 0 N–H and O–H groups in total. The molecular weight excluding hydrogens is 302 g/mol. The number of aromatic nitrogens is 2. The van der Waals surface area contributed by atoms with Crippen molar-refractivity contribution in [3.05, 3.63) is 35.5 Å². The summed E-state index contributed by atoms with van der Waals surface area (Å²) in [4.78, 5) is 2.35. The van der Waals surface area contributed by atoms with Crippen LogP contribution < -0.4 is 4.74 Å². The molecule has 1 aromatic carbocycles. The predicted molar refractivity (Wildman–Crippen MR) is 86.4 cm³/mol. The van der Waals surface area contributed by atoms with Crippen molar-refractivity contribution in [2.24, 2.45) is 7.05 Å². The second kappa shape index (κ2) is 7.13. The first kappa shape index (κ1) is 15.3. The molecule has 0 atom stereocenters. The van der Waals surface area contributed by atoms with E-state index >= 15 is 0 Å². The third-order valence-electron chi connectivity index (χ3n) is 3.81. The summed E-state index contributed by atoms with van der Waals surface area (Å²) in [6.45, 7) is 5.10. The van der Waals surface area contributed by atoms with E-state index in [0.717, 1.165) is 49.9 Å². The summed E-state index contributed by atoms with van der Waals surface area (Å²) in [5, 5.41) is 4.83. The Morgan fingerprint density at radius 1 is 1.27 bits per heavy atom. The summed E-state index contributed by atoms with van der Waals surface area (Å²) in [5.74, 6) is 0.834. The van der Waals surface area contributed by atoms with E-state index in [9.17, 15) is 0 Å². The fourth-order valence-corrected chi connectivity index (χ4v) is 2.88. The molecule has 0 amide bonds. The molecule has 6 heteroatoms. The molecule has 0 unspecified atom stereocenters. The number of aryl methyl sites for hydroxylation is 1. The van der Waals surface area contributed by atoms with Crippen LogP contribution in [0.4, 0.5) is 0 Å². The van der Waals surface area contributed by atoms with E-state index in [1.165, 1.54) is 0 Å². The number of rotatable bonds is 5. The van der Waals surface area contributed by atoms with Gasteiger partial charge < -0.3 is 9.47 Å². The minimum atomic E-state index is 0.631. The molecule has 5 nitrogen and oxygen atoms in total. The third kappa shape index (κ3) is 3.43. The number of para-hydroxylation sites is 1. The van der Waals surface area contributed by atoms with Crippen molar-refractivity contribution in [3.63, 3.8) is 0 Å². The molecule has 0 saturated carbocycles. The summed E-state index contributed by atoms with van der Waals surface area (Å²) < 4.78 is 13.1. The monoisotopic (exact) mass is 321 g/mol. The van der Waals surface area contributed by atoms with Crippen LogP contribution in [0, 0.1) is 0 Å². The lowest BCUT2D eigenvalue weighted by atomic mass is 10.1. The summed E-state index contributed by atoms with van der Waals surface area (Å²) >= 11 is 6.25. The Balaban J connectivity index is 1.69. The second-order valence-electron chi connectivity index (χ2n) is 5.26. The van der Waals surface area contributed by atoms with Gasteiger partial charge in [-0.05, 0) is 12.1 Å². The maximum absolute atomic E-state index is 6.25. The van der Waals surface area contributed by atoms with Crippen LogP contribution in [0.2, 0.25) is 5.02 Å². The highest BCUT2D eigenvalue weighted by Crippen LogP contribution is 2.34. The maximum Gasteiger partial charge on any atom is 0.128 e. The average molecular weight is 322 g/mol. The van der Waals surface area contributed by atoms with Gasteiger partial charge in [-0.1, -0.05) is 23.7 Å². The van der Waals surface area contributed by atoms with Crippen molar-refractivity contribution in [1.82, 2.24) is 14.7 Å². The number of ether oxygens (including phenoxy) is 2. The molecule has 0 bridgehead atoms. The molecule has 22 heavy (non-hydrogen) atoms. The predicted octanol–water partition coefficient (Wildman–Crippen LogP) is 2.45. The zero-order valence-corrected chi connectivity index (χ0v) is 13.4. The molecule has 0 spiro atoms. The van der Waals surface area contributed by atoms with Gasteiger partial charge in [0, 0.05) is 32.2 Å². The van der Waals surface area contributed by atoms with Gasteiger partial charge in [0.25, 0.3) is 0 Å². The minimum absolute atomic E-state index is 0.631. The van der Waals surface area contributed by atoms with Gasteiger partial charge in [-0.25, -0.2) is 0 Å². The highest BCUT2D eigenvalue weighted by atomic mass is 35.5. The topological polar surface area (TPSA) is 39.5 Å². The zero-order valence-electron chi connectivity index (χ0n) is 12.7. The molecule has 1 fully saturated rings. The molecular formula is C16H20ClN3O2. The van der Waals surface area contributed by atoms with Crippen LogP contribution in [-0.2, 0) is 11.8 Å².